The standard InChI is InChI=1S/C27H46O/c1-18(2)7-6-8-19(3)22-9-10-23-21-12-16-27-17-20(28-27)11-15-26(27,5)24(21)13-14-25(22,23)4/h18-24H,6-17H2,1-5H3. The van der Waals surface area contributed by atoms with Crippen LogP contribution in [-0.4, -0.2) is 11.7 Å². The van der Waals surface area contributed by atoms with Crippen molar-refractivity contribution < 1.29 is 4.74 Å². The Kier molecular flexibility index (Phi) is 4.78. The highest BCUT2D eigenvalue weighted by atomic mass is 16.5. The lowest BCUT2D eigenvalue weighted by Crippen LogP contribution is -2.70. The van der Waals surface area contributed by atoms with Gasteiger partial charge in [-0.05, 0) is 97.7 Å². The monoisotopic (exact) mass is 386 g/mol. The summed E-state index contributed by atoms with van der Waals surface area (Å²) in [5.41, 5.74) is 1.43. The van der Waals surface area contributed by atoms with Crippen LogP contribution < -0.4 is 0 Å². The van der Waals surface area contributed by atoms with Gasteiger partial charge in [-0.15, -0.1) is 0 Å². The van der Waals surface area contributed by atoms with Crippen LogP contribution in [0.3, 0.4) is 0 Å². The zero-order valence-corrected chi connectivity index (χ0v) is 19.4. The summed E-state index contributed by atoms with van der Waals surface area (Å²) in [7, 11) is 0. The Morgan fingerprint density at radius 3 is 2.39 bits per heavy atom. The smallest absolute Gasteiger partial charge is 0.0767 e. The Balaban J connectivity index is 1.31. The molecule has 9 atom stereocenters. The summed E-state index contributed by atoms with van der Waals surface area (Å²) in [4.78, 5) is 0. The van der Waals surface area contributed by atoms with Crippen molar-refractivity contribution in [3.05, 3.63) is 0 Å². The predicted octanol–water partition coefficient (Wildman–Crippen LogP) is 7.63. The molecule has 0 aromatic heterocycles. The number of fused-ring (bicyclic) bond motifs is 4. The molecule has 1 spiro atoms. The Morgan fingerprint density at radius 1 is 0.857 bits per heavy atom. The van der Waals surface area contributed by atoms with Crippen LogP contribution in [-0.2, 0) is 4.74 Å². The van der Waals surface area contributed by atoms with Crippen LogP contribution in [0.4, 0.5) is 0 Å². The molecule has 2 heterocycles. The van der Waals surface area contributed by atoms with E-state index in [2.05, 4.69) is 34.6 Å². The summed E-state index contributed by atoms with van der Waals surface area (Å²) < 4.78 is 6.58. The summed E-state index contributed by atoms with van der Waals surface area (Å²) in [6.07, 6.45) is 18.1. The molecule has 4 saturated carbocycles. The first-order valence-corrected chi connectivity index (χ1v) is 13.0. The molecule has 0 aromatic rings. The molecule has 2 saturated heterocycles. The van der Waals surface area contributed by atoms with Crippen LogP contribution in [0.15, 0.2) is 0 Å². The average Bonchev–Trinajstić information content (AvgIpc) is 2.97. The van der Waals surface area contributed by atoms with Crippen molar-refractivity contribution in [3.8, 4) is 0 Å². The highest BCUT2D eigenvalue weighted by molar-refractivity contribution is 5.18. The average molecular weight is 387 g/mol. The van der Waals surface area contributed by atoms with Gasteiger partial charge < -0.3 is 4.74 Å². The minimum absolute atomic E-state index is 0.299. The molecule has 0 N–H and O–H groups in total. The SMILES string of the molecule is CC(C)CCCC(C)C1CCC2C3CCC45CC(CCC4(C)C3CCC12C)O5. The van der Waals surface area contributed by atoms with E-state index in [9.17, 15) is 0 Å². The van der Waals surface area contributed by atoms with E-state index < -0.39 is 0 Å². The van der Waals surface area contributed by atoms with Crippen molar-refractivity contribution in [2.24, 2.45) is 46.3 Å². The van der Waals surface area contributed by atoms with Gasteiger partial charge in [-0.25, -0.2) is 0 Å². The highest BCUT2D eigenvalue weighted by Crippen LogP contribution is 2.72. The molecule has 6 fully saturated rings. The molecule has 0 radical (unpaired) electrons. The summed E-state index contributed by atoms with van der Waals surface area (Å²) in [5.74, 6) is 5.76. The van der Waals surface area contributed by atoms with E-state index in [-0.39, 0.29) is 0 Å². The second-order valence-corrected chi connectivity index (χ2v) is 12.8. The van der Waals surface area contributed by atoms with Gasteiger partial charge in [0.2, 0.25) is 0 Å². The zero-order valence-electron chi connectivity index (χ0n) is 19.4. The van der Waals surface area contributed by atoms with E-state index in [1.165, 1.54) is 77.0 Å². The lowest BCUT2D eigenvalue weighted by molar-refractivity contribution is -0.336. The summed E-state index contributed by atoms with van der Waals surface area (Å²) in [6.45, 7) is 12.8. The Morgan fingerprint density at radius 2 is 1.64 bits per heavy atom. The topological polar surface area (TPSA) is 9.23 Å². The molecule has 9 unspecified atom stereocenters. The number of hydrogen-bond donors (Lipinski definition) is 0. The lowest BCUT2D eigenvalue weighted by atomic mass is 9.41. The molecule has 0 amide bonds. The van der Waals surface area contributed by atoms with Gasteiger partial charge in [-0.1, -0.05) is 53.9 Å². The first-order chi connectivity index (χ1) is 13.3. The van der Waals surface area contributed by atoms with E-state index in [1.54, 1.807) is 0 Å². The van der Waals surface area contributed by atoms with Crippen LogP contribution in [0.25, 0.3) is 0 Å². The molecule has 4 aliphatic carbocycles. The molecule has 160 valence electrons. The van der Waals surface area contributed by atoms with Gasteiger partial charge in [0.05, 0.1) is 11.7 Å². The maximum Gasteiger partial charge on any atom is 0.0767 e. The molecule has 2 bridgehead atoms. The molecule has 28 heavy (non-hydrogen) atoms. The van der Waals surface area contributed by atoms with E-state index >= 15 is 0 Å². The molecular weight excluding hydrogens is 340 g/mol. The fourth-order valence-electron chi connectivity index (χ4n) is 9.77. The predicted molar refractivity (Wildman–Crippen MR) is 117 cm³/mol. The minimum atomic E-state index is 0.299. The van der Waals surface area contributed by atoms with Crippen molar-refractivity contribution in [1.29, 1.82) is 0 Å². The zero-order chi connectivity index (χ0) is 19.7. The number of ether oxygens (including phenoxy) is 1. The maximum absolute atomic E-state index is 6.58. The van der Waals surface area contributed by atoms with Crippen LogP contribution in [0.1, 0.15) is 112 Å². The Bertz CT molecular complexity index is 589. The second-order valence-electron chi connectivity index (χ2n) is 12.8. The molecule has 1 heteroatoms. The molecule has 1 nitrogen and oxygen atoms in total. The van der Waals surface area contributed by atoms with Crippen molar-refractivity contribution in [1.82, 2.24) is 0 Å². The van der Waals surface area contributed by atoms with Crippen LogP contribution in [0.2, 0.25) is 0 Å². The van der Waals surface area contributed by atoms with Crippen LogP contribution in [0.5, 0.6) is 0 Å². The summed E-state index contributed by atoms with van der Waals surface area (Å²) >= 11 is 0. The van der Waals surface area contributed by atoms with Crippen molar-refractivity contribution in [2.75, 3.05) is 0 Å². The fraction of sp³-hybridized carbons (Fsp3) is 1.00. The molecule has 6 rings (SSSR count). The molecule has 6 aliphatic rings. The fourth-order valence-corrected chi connectivity index (χ4v) is 9.77. The van der Waals surface area contributed by atoms with Gasteiger partial charge in [0, 0.05) is 6.42 Å². The molecule has 2 aliphatic heterocycles. The summed E-state index contributed by atoms with van der Waals surface area (Å²) in [6, 6.07) is 0. The van der Waals surface area contributed by atoms with Gasteiger partial charge >= 0.3 is 0 Å². The third-order valence-electron chi connectivity index (χ3n) is 11.3. The second kappa shape index (κ2) is 6.73. The van der Waals surface area contributed by atoms with Crippen molar-refractivity contribution in [3.63, 3.8) is 0 Å². The van der Waals surface area contributed by atoms with Crippen LogP contribution in [0, 0.1) is 46.3 Å². The largest absolute Gasteiger partial charge is 0.371 e. The van der Waals surface area contributed by atoms with E-state index in [1.807, 2.05) is 0 Å². The number of rotatable bonds is 5. The minimum Gasteiger partial charge on any atom is -0.371 e. The van der Waals surface area contributed by atoms with E-state index in [0.29, 0.717) is 22.5 Å². The molecule has 0 aromatic carbocycles. The summed E-state index contributed by atoms with van der Waals surface area (Å²) in [5, 5.41) is 0. The first kappa shape index (κ1) is 19.9. The van der Waals surface area contributed by atoms with E-state index in [0.717, 1.165) is 35.5 Å². The highest BCUT2D eigenvalue weighted by Gasteiger charge is 2.69. The van der Waals surface area contributed by atoms with Crippen molar-refractivity contribution >= 4 is 0 Å². The quantitative estimate of drug-likeness (QED) is 0.472. The van der Waals surface area contributed by atoms with Gasteiger partial charge in [0.25, 0.3) is 0 Å². The third kappa shape index (κ3) is 2.66. The van der Waals surface area contributed by atoms with Crippen LogP contribution >= 0.6 is 0 Å². The first-order valence-electron chi connectivity index (χ1n) is 13.0. The van der Waals surface area contributed by atoms with Crippen molar-refractivity contribution in [2.45, 2.75) is 123 Å². The maximum atomic E-state index is 6.58. The Hall–Kier alpha value is -0.0400. The van der Waals surface area contributed by atoms with Gasteiger partial charge in [0.15, 0.2) is 0 Å². The van der Waals surface area contributed by atoms with Gasteiger partial charge in [-0.3, -0.25) is 0 Å². The van der Waals surface area contributed by atoms with E-state index in [4.69, 9.17) is 4.74 Å². The number of hydrogen-bond acceptors (Lipinski definition) is 1. The normalized spacial score (nSPS) is 53.1. The van der Waals surface area contributed by atoms with Gasteiger partial charge in [-0.2, -0.15) is 0 Å². The Labute approximate surface area is 174 Å². The third-order valence-corrected chi connectivity index (χ3v) is 11.3. The lowest BCUT2D eigenvalue weighted by Gasteiger charge is -2.70. The molecular formula is C27H46O. The van der Waals surface area contributed by atoms with Gasteiger partial charge in [0.1, 0.15) is 0 Å².